The van der Waals surface area contributed by atoms with Crippen molar-refractivity contribution in [1.29, 1.82) is 0 Å². The van der Waals surface area contributed by atoms with Gasteiger partial charge < -0.3 is 5.32 Å². The van der Waals surface area contributed by atoms with E-state index in [-0.39, 0.29) is 6.04 Å². The van der Waals surface area contributed by atoms with Crippen LogP contribution >= 0.6 is 15.9 Å². The summed E-state index contributed by atoms with van der Waals surface area (Å²) in [4.78, 5) is 8.49. The Kier molecular flexibility index (Phi) is 3.73. The molecule has 1 atom stereocenters. The van der Waals surface area contributed by atoms with E-state index in [2.05, 4.69) is 43.2 Å². The molecule has 0 fully saturated rings. The molecule has 0 bridgehead atoms. The highest BCUT2D eigenvalue weighted by Crippen LogP contribution is 2.13. The summed E-state index contributed by atoms with van der Waals surface area (Å²) in [7, 11) is 0. The molecule has 0 saturated carbocycles. The van der Waals surface area contributed by atoms with Crippen LogP contribution in [0.4, 0.5) is 5.82 Å². The van der Waals surface area contributed by atoms with Crippen LogP contribution in [0, 0.1) is 6.92 Å². The molecule has 17 heavy (non-hydrogen) atoms. The van der Waals surface area contributed by atoms with Crippen LogP contribution in [-0.4, -0.2) is 25.8 Å². The van der Waals surface area contributed by atoms with Crippen molar-refractivity contribution in [3.63, 3.8) is 0 Å². The van der Waals surface area contributed by atoms with Gasteiger partial charge in [0.1, 0.15) is 16.2 Å². The Bertz CT molecular complexity index is 462. The van der Waals surface area contributed by atoms with Crippen molar-refractivity contribution in [2.24, 2.45) is 0 Å². The van der Waals surface area contributed by atoms with Crippen molar-refractivity contribution in [3.8, 4) is 0 Å². The van der Waals surface area contributed by atoms with Gasteiger partial charge in [-0.25, -0.2) is 9.97 Å². The fraction of sp³-hybridized carbons (Fsp3) is 0.364. The highest BCUT2D eigenvalue weighted by Gasteiger charge is 2.05. The van der Waals surface area contributed by atoms with E-state index in [9.17, 15) is 0 Å². The maximum atomic E-state index is 4.32. The van der Waals surface area contributed by atoms with E-state index in [1.54, 1.807) is 6.20 Å². The molecule has 1 N–H and O–H groups in total. The van der Waals surface area contributed by atoms with E-state index in [4.69, 9.17) is 0 Å². The SMILES string of the molecule is Cc1nc(Br)cc(NC(C)Cn2cccn2)n1. The summed E-state index contributed by atoms with van der Waals surface area (Å²) in [6.07, 6.45) is 3.72. The summed E-state index contributed by atoms with van der Waals surface area (Å²) >= 11 is 3.35. The number of hydrogen-bond donors (Lipinski definition) is 1. The Morgan fingerprint density at radius 1 is 1.47 bits per heavy atom. The van der Waals surface area contributed by atoms with Crippen molar-refractivity contribution in [1.82, 2.24) is 19.7 Å². The van der Waals surface area contributed by atoms with Crippen LogP contribution in [0.2, 0.25) is 0 Å². The summed E-state index contributed by atoms with van der Waals surface area (Å²) in [6, 6.07) is 4.03. The van der Waals surface area contributed by atoms with Crippen molar-refractivity contribution >= 4 is 21.7 Å². The lowest BCUT2D eigenvalue weighted by atomic mass is 10.3. The van der Waals surface area contributed by atoms with E-state index in [1.807, 2.05) is 29.9 Å². The Labute approximate surface area is 108 Å². The molecule has 0 aliphatic carbocycles. The van der Waals surface area contributed by atoms with E-state index in [0.717, 1.165) is 22.8 Å². The molecule has 1 unspecified atom stereocenters. The number of hydrogen-bond acceptors (Lipinski definition) is 4. The van der Waals surface area contributed by atoms with Crippen LogP contribution in [-0.2, 0) is 6.54 Å². The molecule has 2 aromatic heterocycles. The summed E-state index contributed by atoms with van der Waals surface area (Å²) in [5.41, 5.74) is 0. The Hall–Kier alpha value is -1.43. The van der Waals surface area contributed by atoms with Crippen molar-refractivity contribution in [3.05, 3.63) is 35.0 Å². The zero-order valence-electron chi connectivity index (χ0n) is 9.76. The number of nitrogens with one attached hydrogen (secondary N) is 1. The normalized spacial score (nSPS) is 12.4. The predicted molar refractivity (Wildman–Crippen MR) is 69.8 cm³/mol. The van der Waals surface area contributed by atoms with Gasteiger partial charge in [0, 0.05) is 24.5 Å². The lowest BCUT2D eigenvalue weighted by Gasteiger charge is -2.14. The number of anilines is 1. The largest absolute Gasteiger partial charge is 0.366 e. The average Bonchev–Trinajstić information content (AvgIpc) is 2.67. The third-order valence-corrected chi connectivity index (χ3v) is 2.63. The van der Waals surface area contributed by atoms with Gasteiger partial charge in [-0.1, -0.05) is 0 Å². The van der Waals surface area contributed by atoms with Gasteiger partial charge in [-0.15, -0.1) is 0 Å². The second-order valence-corrected chi connectivity index (χ2v) is 4.71. The molecular formula is C11H14BrN5. The third-order valence-electron chi connectivity index (χ3n) is 2.22. The monoisotopic (exact) mass is 295 g/mol. The fourth-order valence-electron chi connectivity index (χ4n) is 1.59. The minimum Gasteiger partial charge on any atom is -0.366 e. The van der Waals surface area contributed by atoms with E-state index in [0.29, 0.717) is 0 Å². The first kappa shape index (κ1) is 12.0. The summed E-state index contributed by atoms with van der Waals surface area (Å²) in [5.74, 6) is 1.57. The van der Waals surface area contributed by atoms with Gasteiger partial charge in [-0.3, -0.25) is 4.68 Å². The van der Waals surface area contributed by atoms with Crippen LogP contribution in [0.5, 0.6) is 0 Å². The molecule has 0 aliphatic rings. The second-order valence-electron chi connectivity index (χ2n) is 3.90. The first-order valence-electron chi connectivity index (χ1n) is 5.38. The minimum atomic E-state index is 0.246. The molecule has 0 saturated heterocycles. The van der Waals surface area contributed by atoms with Gasteiger partial charge in [0.15, 0.2) is 0 Å². The lowest BCUT2D eigenvalue weighted by Crippen LogP contribution is -2.23. The van der Waals surface area contributed by atoms with Gasteiger partial charge >= 0.3 is 0 Å². The molecule has 2 aromatic rings. The maximum Gasteiger partial charge on any atom is 0.131 e. The lowest BCUT2D eigenvalue weighted by molar-refractivity contribution is 0.559. The molecule has 0 spiro atoms. The van der Waals surface area contributed by atoms with E-state index in [1.165, 1.54) is 0 Å². The molecule has 0 radical (unpaired) electrons. The third kappa shape index (κ3) is 3.52. The van der Waals surface area contributed by atoms with Crippen LogP contribution in [0.25, 0.3) is 0 Å². The van der Waals surface area contributed by atoms with Crippen LogP contribution in [0.1, 0.15) is 12.7 Å². The van der Waals surface area contributed by atoms with Gasteiger partial charge in [0.25, 0.3) is 0 Å². The second kappa shape index (κ2) is 5.27. The summed E-state index contributed by atoms with van der Waals surface area (Å²) in [6.45, 7) is 4.76. The smallest absolute Gasteiger partial charge is 0.131 e. The molecule has 5 nitrogen and oxygen atoms in total. The van der Waals surface area contributed by atoms with Crippen LogP contribution in [0.15, 0.2) is 29.1 Å². The number of aromatic nitrogens is 4. The van der Waals surface area contributed by atoms with Gasteiger partial charge in [-0.05, 0) is 35.8 Å². The molecule has 0 aromatic carbocycles. The van der Waals surface area contributed by atoms with Crippen molar-refractivity contribution in [2.45, 2.75) is 26.4 Å². The topological polar surface area (TPSA) is 55.6 Å². The van der Waals surface area contributed by atoms with Crippen molar-refractivity contribution in [2.75, 3.05) is 5.32 Å². The van der Waals surface area contributed by atoms with Gasteiger partial charge in [0.2, 0.25) is 0 Å². The average molecular weight is 296 g/mol. The fourth-order valence-corrected chi connectivity index (χ4v) is 2.07. The molecule has 90 valence electrons. The van der Waals surface area contributed by atoms with E-state index < -0.39 is 0 Å². The van der Waals surface area contributed by atoms with Crippen molar-refractivity contribution < 1.29 is 0 Å². The number of nitrogens with zero attached hydrogens (tertiary/aromatic N) is 4. The highest BCUT2D eigenvalue weighted by molar-refractivity contribution is 9.10. The summed E-state index contributed by atoms with van der Waals surface area (Å²) in [5, 5.41) is 7.49. The zero-order chi connectivity index (χ0) is 12.3. The van der Waals surface area contributed by atoms with Crippen LogP contribution < -0.4 is 5.32 Å². The minimum absolute atomic E-state index is 0.246. The molecular weight excluding hydrogens is 282 g/mol. The Morgan fingerprint density at radius 2 is 2.29 bits per heavy atom. The van der Waals surface area contributed by atoms with E-state index >= 15 is 0 Å². The summed E-state index contributed by atoms with van der Waals surface area (Å²) < 4.78 is 2.68. The molecule has 2 heterocycles. The molecule has 0 amide bonds. The van der Waals surface area contributed by atoms with Gasteiger partial charge in [-0.2, -0.15) is 5.10 Å². The Balaban J connectivity index is 2.00. The zero-order valence-corrected chi connectivity index (χ0v) is 11.3. The number of halogens is 1. The predicted octanol–water partition coefficient (Wildman–Crippen LogP) is 2.24. The highest BCUT2D eigenvalue weighted by atomic mass is 79.9. The molecule has 0 aliphatic heterocycles. The first-order valence-corrected chi connectivity index (χ1v) is 6.18. The maximum absolute atomic E-state index is 4.32. The van der Waals surface area contributed by atoms with Gasteiger partial charge in [0.05, 0.1) is 6.54 Å². The molecule has 2 rings (SSSR count). The quantitative estimate of drug-likeness (QED) is 0.879. The molecule has 6 heteroatoms. The number of aryl methyl sites for hydroxylation is 1. The number of rotatable bonds is 4. The first-order chi connectivity index (χ1) is 8.13. The van der Waals surface area contributed by atoms with Crippen LogP contribution in [0.3, 0.4) is 0 Å². The Morgan fingerprint density at radius 3 is 2.94 bits per heavy atom. The standard InChI is InChI=1S/C11H14BrN5/c1-8(7-17-5-3-4-13-17)14-11-6-10(12)15-9(2)16-11/h3-6,8H,7H2,1-2H3,(H,14,15,16).